The fourth-order valence-corrected chi connectivity index (χ4v) is 3.95. The van der Waals surface area contributed by atoms with Crippen molar-refractivity contribution in [2.75, 3.05) is 12.9 Å². The van der Waals surface area contributed by atoms with Crippen molar-refractivity contribution in [1.29, 1.82) is 0 Å². The summed E-state index contributed by atoms with van der Waals surface area (Å²) in [6, 6.07) is 7.85. The number of hydrogen-bond donors (Lipinski definition) is 0. The normalized spacial score (nSPS) is 11.0. The summed E-state index contributed by atoms with van der Waals surface area (Å²) < 4.78 is 11.3. The molecular formula is C14H11ClN2O3S2. The number of esters is 1. The van der Waals surface area contributed by atoms with Crippen LogP contribution in [0.2, 0.25) is 5.02 Å². The van der Waals surface area contributed by atoms with Gasteiger partial charge in [0.15, 0.2) is 0 Å². The van der Waals surface area contributed by atoms with E-state index in [-0.39, 0.29) is 5.97 Å². The van der Waals surface area contributed by atoms with Gasteiger partial charge in [-0.25, -0.2) is 0 Å². The summed E-state index contributed by atoms with van der Waals surface area (Å²) in [7, 11) is 1.36. The van der Waals surface area contributed by atoms with Crippen LogP contribution in [-0.4, -0.2) is 29.0 Å². The topological polar surface area (TPSA) is 65.2 Å². The number of fused-ring (bicyclic) bond motifs is 1. The lowest BCUT2D eigenvalue weighted by molar-refractivity contribution is -0.140. The average Bonchev–Trinajstić information content (AvgIpc) is 3.12. The van der Waals surface area contributed by atoms with Crippen molar-refractivity contribution in [2.24, 2.45) is 0 Å². The summed E-state index contributed by atoms with van der Waals surface area (Å²) in [6.07, 6.45) is 0.294. The van der Waals surface area contributed by atoms with E-state index in [4.69, 9.17) is 16.0 Å². The second-order valence-electron chi connectivity index (χ2n) is 4.29. The van der Waals surface area contributed by atoms with Gasteiger partial charge in [0.2, 0.25) is 0 Å². The van der Waals surface area contributed by atoms with E-state index in [2.05, 4.69) is 14.9 Å². The summed E-state index contributed by atoms with van der Waals surface area (Å²) in [6.45, 7) is 0. The van der Waals surface area contributed by atoms with Gasteiger partial charge in [0.05, 0.1) is 18.6 Å². The predicted molar refractivity (Wildman–Crippen MR) is 87.5 cm³/mol. The fraction of sp³-hybridized carbons (Fsp3) is 0.214. The van der Waals surface area contributed by atoms with Crippen LogP contribution in [0.1, 0.15) is 6.42 Å². The van der Waals surface area contributed by atoms with Crippen LogP contribution in [0.5, 0.6) is 0 Å². The van der Waals surface area contributed by atoms with Gasteiger partial charge < -0.3 is 9.15 Å². The Morgan fingerprint density at radius 1 is 1.41 bits per heavy atom. The third-order valence-electron chi connectivity index (χ3n) is 2.89. The third kappa shape index (κ3) is 3.11. The van der Waals surface area contributed by atoms with Crippen molar-refractivity contribution >= 4 is 50.8 Å². The summed E-state index contributed by atoms with van der Waals surface area (Å²) in [5.74, 6) is 0.653. The maximum atomic E-state index is 11.1. The van der Waals surface area contributed by atoms with Crippen LogP contribution in [-0.2, 0) is 9.53 Å². The largest absolute Gasteiger partial charge is 0.469 e. The smallest absolute Gasteiger partial charge is 0.306 e. The molecule has 2 aromatic heterocycles. The Morgan fingerprint density at radius 3 is 3.00 bits per heavy atom. The molecular weight excluding hydrogens is 344 g/mol. The molecule has 8 heteroatoms. The van der Waals surface area contributed by atoms with Crippen LogP contribution in [0, 0.1) is 0 Å². The highest BCUT2D eigenvalue weighted by atomic mass is 35.5. The van der Waals surface area contributed by atoms with E-state index in [0.29, 0.717) is 28.3 Å². The Hall–Kier alpha value is -1.57. The van der Waals surface area contributed by atoms with Crippen molar-refractivity contribution in [3.63, 3.8) is 0 Å². The van der Waals surface area contributed by atoms with E-state index in [0.717, 1.165) is 15.0 Å². The highest BCUT2D eigenvalue weighted by Gasteiger charge is 2.17. The summed E-state index contributed by atoms with van der Waals surface area (Å²) >= 11 is 9.20. The van der Waals surface area contributed by atoms with Crippen LogP contribution in [0.3, 0.4) is 0 Å². The first kappa shape index (κ1) is 15.3. The maximum absolute atomic E-state index is 11.1. The number of thiophene rings is 1. The molecule has 0 saturated heterocycles. The fourth-order valence-electron chi connectivity index (χ4n) is 1.84. The molecule has 0 saturated carbocycles. The minimum absolute atomic E-state index is 0.264. The molecule has 0 unspecified atom stereocenters. The predicted octanol–water partition coefficient (Wildman–Crippen LogP) is 4.26. The van der Waals surface area contributed by atoms with E-state index in [1.54, 1.807) is 0 Å². The molecule has 3 aromatic rings. The summed E-state index contributed by atoms with van der Waals surface area (Å²) in [5, 5.41) is 10.0. The number of carbonyl (C=O) groups is 1. The van der Waals surface area contributed by atoms with E-state index in [1.165, 1.54) is 30.2 Å². The quantitative estimate of drug-likeness (QED) is 0.504. The van der Waals surface area contributed by atoms with Crippen molar-refractivity contribution in [3.05, 3.63) is 29.3 Å². The molecule has 0 aliphatic heterocycles. The monoisotopic (exact) mass is 354 g/mol. The van der Waals surface area contributed by atoms with Crippen molar-refractivity contribution in [3.8, 4) is 10.8 Å². The first-order chi connectivity index (χ1) is 10.7. The highest BCUT2D eigenvalue weighted by molar-refractivity contribution is 7.99. The Balaban J connectivity index is 1.77. The molecule has 0 spiro atoms. The van der Waals surface area contributed by atoms with Crippen LogP contribution < -0.4 is 0 Å². The van der Waals surface area contributed by atoms with Crippen LogP contribution >= 0.6 is 34.7 Å². The van der Waals surface area contributed by atoms with Crippen molar-refractivity contribution in [1.82, 2.24) is 10.2 Å². The highest BCUT2D eigenvalue weighted by Crippen LogP contribution is 2.41. The molecule has 114 valence electrons. The number of benzene rings is 1. The van der Waals surface area contributed by atoms with Gasteiger partial charge in [0, 0.05) is 15.8 Å². The molecule has 0 atom stereocenters. The van der Waals surface area contributed by atoms with Crippen LogP contribution in [0.25, 0.3) is 20.9 Å². The molecule has 5 nitrogen and oxygen atoms in total. The molecule has 2 heterocycles. The van der Waals surface area contributed by atoms with Gasteiger partial charge >= 0.3 is 5.97 Å². The number of thioether (sulfide) groups is 1. The zero-order valence-electron chi connectivity index (χ0n) is 11.5. The number of rotatable bonds is 5. The maximum Gasteiger partial charge on any atom is 0.306 e. The SMILES string of the molecule is COC(=O)CCSc1nnc(-c2sc3ccccc3c2Cl)o1. The Labute approximate surface area is 139 Å². The minimum atomic E-state index is -0.264. The summed E-state index contributed by atoms with van der Waals surface area (Å²) in [5.41, 5.74) is 0. The van der Waals surface area contributed by atoms with Crippen molar-refractivity contribution < 1.29 is 13.9 Å². The van der Waals surface area contributed by atoms with Crippen molar-refractivity contribution in [2.45, 2.75) is 11.6 Å². The number of methoxy groups -OCH3 is 1. The molecule has 22 heavy (non-hydrogen) atoms. The molecule has 0 N–H and O–H groups in total. The molecule has 0 amide bonds. The van der Waals surface area contributed by atoms with Gasteiger partial charge in [-0.1, -0.05) is 41.6 Å². The minimum Gasteiger partial charge on any atom is -0.469 e. The lowest BCUT2D eigenvalue weighted by atomic mass is 10.2. The number of hydrogen-bond acceptors (Lipinski definition) is 7. The van der Waals surface area contributed by atoms with Gasteiger partial charge in [0.1, 0.15) is 4.88 Å². The van der Waals surface area contributed by atoms with E-state index < -0.39 is 0 Å². The molecule has 0 bridgehead atoms. The first-order valence-corrected chi connectivity index (χ1v) is 8.57. The van der Waals surface area contributed by atoms with Gasteiger partial charge in [-0.15, -0.1) is 21.5 Å². The lowest BCUT2D eigenvalue weighted by Gasteiger charge is -1.95. The number of halogens is 1. The number of aromatic nitrogens is 2. The molecule has 3 rings (SSSR count). The number of nitrogens with zero attached hydrogens (tertiary/aromatic N) is 2. The molecule has 0 aliphatic rings. The van der Waals surface area contributed by atoms with Crippen LogP contribution in [0.4, 0.5) is 0 Å². The first-order valence-electron chi connectivity index (χ1n) is 6.39. The van der Waals surface area contributed by atoms with Gasteiger partial charge in [-0.05, 0) is 6.07 Å². The second-order valence-corrected chi connectivity index (χ2v) is 6.77. The lowest BCUT2D eigenvalue weighted by Crippen LogP contribution is -2.00. The molecule has 0 aliphatic carbocycles. The summed E-state index contributed by atoms with van der Waals surface area (Å²) in [4.78, 5) is 11.8. The average molecular weight is 355 g/mol. The standard InChI is InChI=1S/C14H11ClN2O3S2/c1-19-10(18)6-7-21-14-17-16-13(20-14)12-11(15)8-4-2-3-5-9(8)22-12/h2-5H,6-7H2,1H3. The number of carbonyl (C=O) groups excluding carboxylic acids is 1. The van der Waals surface area contributed by atoms with E-state index in [9.17, 15) is 4.79 Å². The third-order valence-corrected chi connectivity index (χ3v) is 5.38. The Bertz CT molecular complexity index is 815. The Kier molecular flexibility index (Phi) is 4.66. The second kappa shape index (κ2) is 6.68. The van der Waals surface area contributed by atoms with Gasteiger partial charge in [-0.3, -0.25) is 4.79 Å². The Morgan fingerprint density at radius 2 is 2.23 bits per heavy atom. The van der Waals surface area contributed by atoms with Gasteiger partial charge in [-0.2, -0.15) is 0 Å². The molecule has 1 aromatic carbocycles. The number of ether oxygens (including phenoxy) is 1. The zero-order valence-corrected chi connectivity index (χ0v) is 13.9. The van der Waals surface area contributed by atoms with Crippen LogP contribution in [0.15, 0.2) is 33.9 Å². The van der Waals surface area contributed by atoms with E-state index in [1.807, 2.05) is 24.3 Å². The van der Waals surface area contributed by atoms with Gasteiger partial charge in [0.25, 0.3) is 11.1 Å². The molecule has 0 radical (unpaired) electrons. The van der Waals surface area contributed by atoms with E-state index >= 15 is 0 Å². The zero-order chi connectivity index (χ0) is 15.5. The molecule has 0 fully saturated rings.